The first-order valence-corrected chi connectivity index (χ1v) is 6.87. The molecular formula is C13H18ClN3O2. The van der Waals surface area contributed by atoms with Gasteiger partial charge in [0.1, 0.15) is 0 Å². The maximum atomic E-state index is 10.6. The summed E-state index contributed by atoms with van der Waals surface area (Å²) >= 11 is 6.05. The van der Waals surface area contributed by atoms with Crippen molar-refractivity contribution < 1.29 is 4.92 Å². The van der Waals surface area contributed by atoms with E-state index in [2.05, 4.69) is 17.1 Å². The second kappa shape index (κ2) is 6.21. The lowest BCUT2D eigenvalue weighted by Crippen LogP contribution is -2.33. The van der Waals surface area contributed by atoms with Crippen LogP contribution in [0.5, 0.6) is 0 Å². The molecule has 1 unspecified atom stereocenters. The number of non-ortho nitro benzene ring substituents is 1. The van der Waals surface area contributed by atoms with Gasteiger partial charge < -0.3 is 10.2 Å². The van der Waals surface area contributed by atoms with Gasteiger partial charge >= 0.3 is 0 Å². The van der Waals surface area contributed by atoms with E-state index in [-0.39, 0.29) is 11.7 Å². The van der Waals surface area contributed by atoms with Crippen molar-refractivity contribution in [1.29, 1.82) is 0 Å². The van der Waals surface area contributed by atoms with Crippen LogP contribution in [0.3, 0.4) is 0 Å². The molecule has 1 saturated heterocycles. The largest absolute Gasteiger partial charge is 0.380 e. The molecule has 1 aliphatic heterocycles. The number of likely N-dealkylation sites (tertiary alicyclic amines) is 1. The molecule has 0 aromatic heterocycles. The summed E-state index contributed by atoms with van der Waals surface area (Å²) in [5.41, 5.74) is 0.765. The lowest BCUT2D eigenvalue weighted by molar-refractivity contribution is -0.384. The van der Waals surface area contributed by atoms with Gasteiger partial charge in [-0.1, -0.05) is 11.6 Å². The molecule has 0 aliphatic carbocycles. The number of nitro benzene ring substituents is 1. The van der Waals surface area contributed by atoms with Crippen LogP contribution >= 0.6 is 11.6 Å². The first kappa shape index (κ1) is 14.1. The SMILES string of the molecule is CC(CN1CCCC1)Nc1ccc([N+](=O)[O-])cc1Cl. The van der Waals surface area contributed by atoms with E-state index in [4.69, 9.17) is 11.6 Å². The van der Waals surface area contributed by atoms with Crippen LogP contribution in [0.15, 0.2) is 18.2 Å². The smallest absolute Gasteiger partial charge is 0.271 e. The molecule has 0 amide bonds. The van der Waals surface area contributed by atoms with Crippen LogP contribution in [-0.4, -0.2) is 35.5 Å². The van der Waals surface area contributed by atoms with Gasteiger partial charge in [0, 0.05) is 24.7 Å². The number of rotatable bonds is 5. The zero-order valence-corrected chi connectivity index (χ0v) is 11.7. The number of nitro groups is 1. The molecule has 0 spiro atoms. The molecule has 2 rings (SSSR count). The van der Waals surface area contributed by atoms with Crippen molar-refractivity contribution >= 4 is 23.0 Å². The van der Waals surface area contributed by atoms with Crippen LogP contribution in [0.4, 0.5) is 11.4 Å². The van der Waals surface area contributed by atoms with E-state index >= 15 is 0 Å². The van der Waals surface area contributed by atoms with E-state index < -0.39 is 4.92 Å². The highest BCUT2D eigenvalue weighted by Crippen LogP contribution is 2.27. The molecule has 1 fully saturated rings. The highest BCUT2D eigenvalue weighted by molar-refractivity contribution is 6.33. The quantitative estimate of drug-likeness (QED) is 0.666. The van der Waals surface area contributed by atoms with Crippen molar-refractivity contribution in [3.8, 4) is 0 Å². The van der Waals surface area contributed by atoms with Crippen LogP contribution in [-0.2, 0) is 0 Å². The first-order chi connectivity index (χ1) is 9.06. The van der Waals surface area contributed by atoms with Crippen molar-refractivity contribution in [2.75, 3.05) is 25.0 Å². The second-order valence-electron chi connectivity index (χ2n) is 4.97. The summed E-state index contributed by atoms with van der Waals surface area (Å²) in [7, 11) is 0. The fourth-order valence-corrected chi connectivity index (χ4v) is 2.63. The molecule has 1 aromatic rings. The predicted octanol–water partition coefficient (Wildman–Crippen LogP) is 3.14. The number of benzene rings is 1. The second-order valence-corrected chi connectivity index (χ2v) is 5.38. The average Bonchev–Trinajstić information content (AvgIpc) is 2.84. The Kier molecular flexibility index (Phi) is 4.61. The molecular weight excluding hydrogens is 266 g/mol. The van der Waals surface area contributed by atoms with Crippen LogP contribution < -0.4 is 5.32 Å². The number of nitrogens with one attached hydrogen (secondary N) is 1. The molecule has 104 valence electrons. The van der Waals surface area contributed by atoms with Crippen molar-refractivity contribution in [3.63, 3.8) is 0 Å². The molecule has 0 radical (unpaired) electrons. The minimum atomic E-state index is -0.441. The van der Waals surface area contributed by atoms with Gasteiger partial charge in [-0.3, -0.25) is 10.1 Å². The molecule has 19 heavy (non-hydrogen) atoms. The predicted molar refractivity (Wildman–Crippen MR) is 76.9 cm³/mol. The fourth-order valence-electron chi connectivity index (χ4n) is 2.40. The standard InChI is InChI=1S/C13H18ClN3O2/c1-10(9-16-6-2-3-7-16)15-13-5-4-11(17(18)19)8-12(13)14/h4-5,8,10,15H,2-3,6-7,9H2,1H3. The molecule has 1 aliphatic rings. The van der Waals surface area contributed by atoms with Gasteiger partial charge in [0.2, 0.25) is 0 Å². The van der Waals surface area contributed by atoms with Crippen molar-refractivity contribution in [3.05, 3.63) is 33.3 Å². The Morgan fingerprint density at radius 1 is 1.47 bits per heavy atom. The Morgan fingerprint density at radius 3 is 2.74 bits per heavy atom. The number of anilines is 1. The highest BCUT2D eigenvalue weighted by atomic mass is 35.5. The summed E-state index contributed by atoms with van der Waals surface area (Å²) in [4.78, 5) is 12.6. The summed E-state index contributed by atoms with van der Waals surface area (Å²) in [5, 5.41) is 14.3. The third kappa shape index (κ3) is 3.81. The molecule has 1 atom stereocenters. The Morgan fingerprint density at radius 2 is 2.16 bits per heavy atom. The molecule has 1 heterocycles. The lowest BCUT2D eigenvalue weighted by Gasteiger charge is -2.22. The molecule has 1 N–H and O–H groups in total. The van der Waals surface area contributed by atoms with Gasteiger partial charge in [0.15, 0.2) is 0 Å². The molecule has 1 aromatic carbocycles. The van der Waals surface area contributed by atoms with E-state index in [9.17, 15) is 10.1 Å². The first-order valence-electron chi connectivity index (χ1n) is 6.49. The van der Waals surface area contributed by atoms with Gasteiger partial charge in [-0.05, 0) is 38.9 Å². The van der Waals surface area contributed by atoms with Gasteiger partial charge in [0.25, 0.3) is 5.69 Å². The van der Waals surface area contributed by atoms with Gasteiger partial charge in [0.05, 0.1) is 15.6 Å². The number of hydrogen-bond acceptors (Lipinski definition) is 4. The maximum absolute atomic E-state index is 10.6. The van der Waals surface area contributed by atoms with Gasteiger partial charge in [-0.15, -0.1) is 0 Å². The monoisotopic (exact) mass is 283 g/mol. The van der Waals surface area contributed by atoms with Crippen LogP contribution in [0.1, 0.15) is 19.8 Å². The third-order valence-electron chi connectivity index (χ3n) is 3.30. The van der Waals surface area contributed by atoms with E-state index in [1.54, 1.807) is 6.07 Å². The van der Waals surface area contributed by atoms with Crippen molar-refractivity contribution in [2.45, 2.75) is 25.8 Å². The molecule has 0 bridgehead atoms. The van der Waals surface area contributed by atoms with E-state index in [1.165, 1.54) is 25.0 Å². The van der Waals surface area contributed by atoms with E-state index in [1.807, 2.05) is 0 Å². The normalized spacial score (nSPS) is 17.4. The van der Waals surface area contributed by atoms with E-state index in [0.717, 1.165) is 25.3 Å². The van der Waals surface area contributed by atoms with Crippen molar-refractivity contribution in [2.24, 2.45) is 0 Å². The maximum Gasteiger partial charge on any atom is 0.271 e. The zero-order chi connectivity index (χ0) is 13.8. The van der Waals surface area contributed by atoms with Crippen molar-refractivity contribution in [1.82, 2.24) is 4.90 Å². The van der Waals surface area contributed by atoms with Gasteiger partial charge in [-0.25, -0.2) is 0 Å². The van der Waals surface area contributed by atoms with Gasteiger partial charge in [-0.2, -0.15) is 0 Å². The Balaban J connectivity index is 1.96. The zero-order valence-electron chi connectivity index (χ0n) is 10.9. The molecule has 6 heteroatoms. The Bertz CT molecular complexity index is 461. The number of hydrogen-bond donors (Lipinski definition) is 1. The summed E-state index contributed by atoms with van der Waals surface area (Å²) in [5.74, 6) is 0. The third-order valence-corrected chi connectivity index (χ3v) is 3.61. The fraction of sp³-hybridized carbons (Fsp3) is 0.538. The average molecular weight is 284 g/mol. The Hall–Kier alpha value is -1.33. The summed E-state index contributed by atoms with van der Waals surface area (Å²) in [6.07, 6.45) is 2.54. The van der Waals surface area contributed by atoms with Crippen LogP contribution in [0.25, 0.3) is 0 Å². The molecule has 5 nitrogen and oxygen atoms in total. The topological polar surface area (TPSA) is 58.4 Å². The summed E-state index contributed by atoms with van der Waals surface area (Å²) < 4.78 is 0. The molecule has 0 saturated carbocycles. The number of halogens is 1. The minimum absolute atomic E-state index is 0.0164. The Labute approximate surface area is 117 Å². The van der Waals surface area contributed by atoms with Crippen LogP contribution in [0, 0.1) is 10.1 Å². The summed E-state index contributed by atoms with van der Waals surface area (Å²) in [6, 6.07) is 4.78. The van der Waals surface area contributed by atoms with Crippen LogP contribution in [0.2, 0.25) is 5.02 Å². The number of nitrogens with zero attached hydrogens (tertiary/aromatic N) is 2. The summed E-state index contributed by atoms with van der Waals surface area (Å²) in [6.45, 7) is 5.36. The van der Waals surface area contributed by atoms with E-state index in [0.29, 0.717) is 5.02 Å². The lowest BCUT2D eigenvalue weighted by atomic mass is 10.2. The minimum Gasteiger partial charge on any atom is -0.380 e. The highest BCUT2D eigenvalue weighted by Gasteiger charge is 2.16.